The van der Waals surface area contributed by atoms with E-state index in [-0.39, 0.29) is 25.7 Å². The summed E-state index contributed by atoms with van der Waals surface area (Å²) in [5, 5.41) is 10.6. The normalized spacial score (nSPS) is 13.9. The van der Waals surface area contributed by atoms with Gasteiger partial charge in [0.25, 0.3) is 0 Å². The lowest BCUT2D eigenvalue weighted by Crippen LogP contribution is -2.30. The average Bonchev–Trinajstić information content (AvgIpc) is 1.01. The molecule has 0 aromatic carbocycles. The molecule has 0 spiro atoms. The van der Waals surface area contributed by atoms with Crippen LogP contribution >= 0.6 is 15.6 Å². The van der Waals surface area contributed by atoms with Gasteiger partial charge in [-0.1, -0.05) is 375 Å². The zero-order valence-corrected chi connectivity index (χ0v) is 66.4. The van der Waals surface area contributed by atoms with Crippen LogP contribution in [0.4, 0.5) is 0 Å². The Morgan fingerprint density at radius 1 is 0.273 bits per heavy atom. The highest BCUT2D eigenvalue weighted by atomic mass is 31.2. The molecule has 0 heterocycles. The molecule has 5 atom stereocenters. The van der Waals surface area contributed by atoms with Gasteiger partial charge in [0.2, 0.25) is 0 Å². The average molecular weight is 1450 g/mol. The monoisotopic (exact) mass is 1450 g/mol. The van der Waals surface area contributed by atoms with Crippen LogP contribution in [0.15, 0.2) is 0 Å². The molecule has 588 valence electrons. The first kappa shape index (κ1) is 97.1. The molecule has 99 heavy (non-hydrogen) atoms. The Balaban J connectivity index is 5.20. The van der Waals surface area contributed by atoms with Crippen molar-refractivity contribution < 1.29 is 80.2 Å². The number of hydrogen-bond donors (Lipinski definition) is 3. The molecular weight excluding hydrogens is 1290 g/mol. The Hall–Kier alpha value is -1.94. The van der Waals surface area contributed by atoms with Crippen molar-refractivity contribution in [3.63, 3.8) is 0 Å². The first-order chi connectivity index (χ1) is 48.0. The molecule has 0 amide bonds. The van der Waals surface area contributed by atoms with Crippen LogP contribution in [0.1, 0.15) is 426 Å². The molecule has 0 aliphatic heterocycles. The zero-order valence-electron chi connectivity index (χ0n) is 64.6. The van der Waals surface area contributed by atoms with Crippen molar-refractivity contribution in [1.82, 2.24) is 0 Å². The number of phosphoric ester groups is 2. The Morgan fingerprint density at radius 3 is 0.687 bits per heavy atom. The van der Waals surface area contributed by atoms with Crippen LogP contribution in [-0.2, 0) is 65.4 Å². The molecule has 0 saturated heterocycles. The molecule has 0 aliphatic carbocycles. The maximum Gasteiger partial charge on any atom is 0.472 e. The summed E-state index contributed by atoms with van der Waals surface area (Å²) in [4.78, 5) is 72.9. The lowest BCUT2D eigenvalue weighted by Gasteiger charge is -2.21. The summed E-state index contributed by atoms with van der Waals surface area (Å²) >= 11 is 0. The highest BCUT2D eigenvalue weighted by Gasteiger charge is 2.30. The van der Waals surface area contributed by atoms with Gasteiger partial charge in [-0.15, -0.1) is 0 Å². The van der Waals surface area contributed by atoms with Crippen molar-refractivity contribution >= 4 is 39.5 Å². The second-order valence-corrected chi connectivity index (χ2v) is 32.2. The van der Waals surface area contributed by atoms with E-state index in [2.05, 4.69) is 34.6 Å². The van der Waals surface area contributed by atoms with Crippen molar-refractivity contribution in [2.24, 2.45) is 5.92 Å². The third-order valence-electron chi connectivity index (χ3n) is 18.8. The summed E-state index contributed by atoms with van der Waals surface area (Å²) in [7, 11) is -9.91. The number of carbonyl (C=O) groups is 4. The molecular formula is C80H156O17P2. The molecule has 3 N–H and O–H groups in total. The highest BCUT2D eigenvalue weighted by molar-refractivity contribution is 7.47. The summed E-state index contributed by atoms with van der Waals surface area (Å²) in [5.74, 6) is -1.30. The first-order valence-electron chi connectivity index (χ1n) is 41.6. The largest absolute Gasteiger partial charge is 0.472 e. The Kier molecular flexibility index (Phi) is 71.6. The topological polar surface area (TPSA) is 237 Å². The number of aliphatic hydroxyl groups excluding tert-OH is 1. The van der Waals surface area contributed by atoms with Crippen LogP contribution < -0.4 is 0 Å². The summed E-state index contributed by atoms with van der Waals surface area (Å²) in [6.45, 7) is 7.34. The molecule has 0 aliphatic rings. The minimum absolute atomic E-state index is 0.108. The quantitative estimate of drug-likeness (QED) is 0.0222. The fourth-order valence-electron chi connectivity index (χ4n) is 12.4. The number of ether oxygens (including phenoxy) is 4. The number of aliphatic hydroxyl groups is 1. The molecule has 0 fully saturated rings. The maximum absolute atomic E-state index is 13.1. The Bertz CT molecular complexity index is 1890. The van der Waals surface area contributed by atoms with Gasteiger partial charge in [0.05, 0.1) is 26.4 Å². The van der Waals surface area contributed by atoms with E-state index in [0.29, 0.717) is 25.7 Å². The van der Waals surface area contributed by atoms with Crippen LogP contribution in [0, 0.1) is 5.92 Å². The highest BCUT2D eigenvalue weighted by Crippen LogP contribution is 2.45. The van der Waals surface area contributed by atoms with E-state index in [1.54, 1.807) is 0 Å². The van der Waals surface area contributed by atoms with Crippen LogP contribution in [0.2, 0.25) is 0 Å². The number of phosphoric acid groups is 2. The SMILES string of the molecule is CCCCCCCCCCCCCCCCCCCCCC(=O)OC[C@H](COP(=O)(O)OC[C@@H](O)COP(=O)(O)OC[C@@H](COC(=O)CCCCCCCCCCC)OC(=O)CCCCCCCCCCCCCC)OC(=O)CCCCCCCCCCCCCCCCCCC(C)C. The van der Waals surface area contributed by atoms with Crippen LogP contribution in [-0.4, -0.2) is 96.7 Å². The lowest BCUT2D eigenvalue weighted by atomic mass is 10.0. The van der Waals surface area contributed by atoms with E-state index in [4.69, 9.17) is 37.0 Å². The van der Waals surface area contributed by atoms with E-state index in [1.807, 2.05) is 0 Å². The van der Waals surface area contributed by atoms with Crippen molar-refractivity contribution in [1.29, 1.82) is 0 Å². The van der Waals surface area contributed by atoms with Gasteiger partial charge >= 0.3 is 39.5 Å². The van der Waals surface area contributed by atoms with Gasteiger partial charge in [0.1, 0.15) is 19.3 Å². The van der Waals surface area contributed by atoms with Crippen molar-refractivity contribution in [2.45, 2.75) is 445 Å². The number of rotatable bonds is 80. The third kappa shape index (κ3) is 74.1. The fourth-order valence-corrected chi connectivity index (χ4v) is 14.0. The van der Waals surface area contributed by atoms with Gasteiger partial charge < -0.3 is 33.8 Å². The van der Waals surface area contributed by atoms with E-state index in [9.17, 15) is 43.2 Å². The summed E-state index contributed by atoms with van der Waals surface area (Å²) in [5.41, 5.74) is 0. The predicted octanol–water partition coefficient (Wildman–Crippen LogP) is 24.0. The summed E-state index contributed by atoms with van der Waals surface area (Å²) in [6.07, 6.45) is 63.8. The maximum atomic E-state index is 13.1. The summed E-state index contributed by atoms with van der Waals surface area (Å²) in [6, 6.07) is 0. The van der Waals surface area contributed by atoms with E-state index >= 15 is 0 Å². The van der Waals surface area contributed by atoms with Crippen LogP contribution in [0.5, 0.6) is 0 Å². The number of esters is 4. The smallest absolute Gasteiger partial charge is 0.462 e. The molecule has 0 aromatic heterocycles. The minimum Gasteiger partial charge on any atom is -0.462 e. The lowest BCUT2D eigenvalue weighted by molar-refractivity contribution is -0.161. The van der Waals surface area contributed by atoms with Crippen LogP contribution in [0.25, 0.3) is 0 Å². The molecule has 0 aromatic rings. The van der Waals surface area contributed by atoms with Gasteiger partial charge in [-0.2, -0.15) is 0 Å². The third-order valence-corrected chi connectivity index (χ3v) is 20.7. The van der Waals surface area contributed by atoms with Gasteiger partial charge in [-0.3, -0.25) is 37.3 Å². The Morgan fingerprint density at radius 2 is 0.465 bits per heavy atom. The van der Waals surface area contributed by atoms with Crippen LogP contribution in [0.3, 0.4) is 0 Å². The molecule has 0 bridgehead atoms. The second-order valence-electron chi connectivity index (χ2n) is 29.3. The minimum atomic E-state index is -4.96. The first-order valence-corrected chi connectivity index (χ1v) is 44.6. The number of carbonyl (C=O) groups excluding carboxylic acids is 4. The fraction of sp³-hybridized carbons (Fsp3) is 0.950. The van der Waals surface area contributed by atoms with Crippen molar-refractivity contribution in [3.05, 3.63) is 0 Å². The van der Waals surface area contributed by atoms with Gasteiger partial charge in [0.15, 0.2) is 12.2 Å². The molecule has 0 rings (SSSR count). The Labute approximate surface area is 607 Å². The van der Waals surface area contributed by atoms with E-state index in [0.717, 1.165) is 95.8 Å². The second kappa shape index (κ2) is 73.0. The molecule has 19 heteroatoms. The molecule has 0 radical (unpaired) electrons. The molecule has 0 saturated carbocycles. The number of unbranched alkanes of at least 4 members (excludes halogenated alkanes) is 52. The predicted molar refractivity (Wildman–Crippen MR) is 405 cm³/mol. The van der Waals surface area contributed by atoms with Gasteiger partial charge in [-0.25, -0.2) is 9.13 Å². The van der Waals surface area contributed by atoms with Gasteiger partial charge in [0, 0.05) is 25.7 Å². The van der Waals surface area contributed by atoms with Crippen molar-refractivity contribution in [3.8, 4) is 0 Å². The number of hydrogen-bond acceptors (Lipinski definition) is 15. The summed E-state index contributed by atoms with van der Waals surface area (Å²) < 4.78 is 68.6. The van der Waals surface area contributed by atoms with E-state index < -0.39 is 97.5 Å². The standard InChI is InChI=1S/C80H156O17P2/c1-6-9-12-15-18-21-23-25-26-27-28-29-33-36-40-44-49-54-59-64-78(83)91-70-76(97-80(85)66-61-56-51-46-41-37-34-31-30-32-35-38-43-47-52-57-62-73(4)5)72-95-99(88,89)93-68-74(81)67-92-98(86,87)94-71-75(69-90-77(82)63-58-53-48-42-20-17-14-11-8-3)96-79(84)65-60-55-50-45-39-24-22-19-16-13-10-7-2/h73-76,81H,6-72H2,1-5H3,(H,86,87)(H,88,89)/t74-,75+,76+/m0/s1. The van der Waals surface area contributed by atoms with Gasteiger partial charge in [-0.05, 0) is 31.6 Å². The molecule has 2 unspecified atom stereocenters. The zero-order chi connectivity index (χ0) is 72.7. The van der Waals surface area contributed by atoms with Crippen molar-refractivity contribution in [2.75, 3.05) is 39.6 Å². The molecule has 17 nitrogen and oxygen atoms in total. The van der Waals surface area contributed by atoms with E-state index in [1.165, 1.54) is 250 Å².